The van der Waals surface area contributed by atoms with Gasteiger partial charge in [0, 0.05) is 45.4 Å². The average Bonchev–Trinajstić information content (AvgIpc) is 2.74. The molecule has 0 aliphatic carbocycles. The van der Waals surface area contributed by atoms with Gasteiger partial charge < -0.3 is 9.84 Å². The van der Waals surface area contributed by atoms with Gasteiger partial charge in [-0.1, -0.05) is 42.5 Å². The molecule has 5 nitrogen and oxygen atoms in total. The summed E-state index contributed by atoms with van der Waals surface area (Å²) < 4.78 is 4.76. The molecule has 0 saturated carbocycles. The van der Waals surface area contributed by atoms with E-state index < -0.39 is 0 Å². The molecular formula is C23H30N2O3. The highest BCUT2D eigenvalue weighted by Gasteiger charge is 2.26. The number of methoxy groups -OCH3 is 1. The van der Waals surface area contributed by atoms with Gasteiger partial charge in [0.15, 0.2) is 0 Å². The van der Waals surface area contributed by atoms with Crippen LogP contribution in [0.15, 0.2) is 54.6 Å². The van der Waals surface area contributed by atoms with Crippen molar-refractivity contribution in [2.24, 2.45) is 0 Å². The van der Waals surface area contributed by atoms with Crippen LogP contribution in [0.2, 0.25) is 0 Å². The van der Waals surface area contributed by atoms with E-state index in [2.05, 4.69) is 40.1 Å². The van der Waals surface area contributed by atoms with E-state index in [4.69, 9.17) is 4.74 Å². The van der Waals surface area contributed by atoms with Crippen LogP contribution in [0, 0.1) is 0 Å². The number of carbonyl (C=O) groups is 1. The topological polar surface area (TPSA) is 53.0 Å². The number of piperazine rings is 1. The lowest BCUT2D eigenvalue weighted by atomic mass is 10.1. The molecular weight excluding hydrogens is 352 g/mol. The molecule has 0 radical (unpaired) electrons. The minimum absolute atomic E-state index is 0.216. The molecule has 2 aromatic rings. The van der Waals surface area contributed by atoms with E-state index in [1.807, 2.05) is 24.3 Å². The van der Waals surface area contributed by atoms with Crippen molar-refractivity contribution in [2.75, 3.05) is 39.9 Å². The number of rotatable bonds is 8. The number of ether oxygens (including phenoxy) is 1. The van der Waals surface area contributed by atoms with Gasteiger partial charge in [0.1, 0.15) is 0 Å². The molecule has 28 heavy (non-hydrogen) atoms. The molecule has 1 fully saturated rings. The van der Waals surface area contributed by atoms with Crippen molar-refractivity contribution in [1.29, 1.82) is 0 Å². The molecule has 150 valence electrons. The smallest absolute Gasteiger partial charge is 0.337 e. The molecule has 0 unspecified atom stereocenters. The molecule has 1 N–H and O–H groups in total. The molecule has 0 aromatic heterocycles. The largest absolute Gasteiger partial charge is 0.465 e. The van der Waals surface area contributed by atoms with Gasteiger partial charge in [-0.2, -0.15) is 0 Å². The van der Waals surface area contributed by atoms with E-state index in [9.17, 15) is 9.90 Å². The van der Waals surface area contributed by atoms with Gasteiger partial charge in [0.05, 0.1) is 12.7 Å². The highest BCUT2D eigenvalue weighted by molar-refractivity contribution is 5.89. The fraction of sp³-hybridized carbons (Fsp3) is 0.435. The summed E-state index contributed by atoms with van der Waals surface area (Å²) in [5, 5.41) is 9.51. The van der Waals surface area contributed by atoms with Gasteiger partial charge in [0.25, 0.3) is 0 Å². The predicted molar refractivity (Wildman–Crippen MR) is 110 cm³/mol. The summed E-state index contributed by atoms with van der Waals surface area (Å²) in [7, 11) is 1.40. The van der Waals surface area contributed by atoms with Gasteiger partial charge in [-0.25, -0.2) is 4.79 Å². The maximum absolute atomic E-state index is 11.6. The Morgan fingerprint density at radius 3 is 2.50 bits per heavy atom. The first-order valence-electron chi connectivity index (χ1n) is 9.98. The molecule has 1 atom stereocenters. The minimum Gasteiger partial charge on any atom is -0.465 e. The first-order chi connectivity index (χ1) is 13.7. The molecule has 1 aliphatic rings. The van der Waals surface area contributed by atoms with E-state index in [1.54, 1.807) is 0 Å². The average molecular weight is 383 g/mol. The van der Waals surface area contributed by atoms with Crippen molar-refractivity contribution in [1.82, 2.24) is 9.80 Å². The van der Waals surface area contributed by atoms with E-state index in [-0.39, 0.29) is 12.6 Å². The highest BCUT2D eigenvalue weighted by atomic mass is 16.5. The second kappa shape index (κ2) is 10.4. The number of hydrogen-bond donors (Lipinski definition) is 1. The second-order valence-electron chi connectivity index (χ2n) is 7.36. The van der Waals surface area contributed by atoms with Crippen LogP contribution in [0.1, 0.15) is 27.9 Å². The normalized spacial score (nSPS) is 18.1. The number of nitrogens with zero attached hydrogens (tertiary/aromatic N) is 2. The van der Waals surface area contributed by atoms with E-state index in [0.717, 1.165) is 45.6 Å². The van der Waals surface area contributed by atoms with Gasteiger partial charge in [0.2, 0.25) is 0 Å². The maximum Gasteiger partial charge on any atom is 0.337 e. The monoisotopic (exact) mass is 382 g/mol. The molecule has 3 rings (SSSR count). The summed E-state index contributed by atoms with van der Waals surface area (Å²) >= 11 is 0. The van der Waals surface area contributed by atoms with Gasteiger partial charge in [-0.3, -0.25) is 9.80 Å². The van der Waals surface area contributed by atoms with Crippen molar-refractivity contribution >= 4 is 5.97 Å². The van der Waals surface area contributed by atoms with Gasteiger partial charge in [-0.15, -0.1) is 0 Å². The number of aliphatic hydroxyl groups excluding tert-OH is 1. The standard InChI is InChI=1S/C23H30N2O3/c1-28-23(27)21-9-7-20(8-10-21)17-24-14-15-25(22(18-24)12-16-26)13-11-19-5-3-2-4-6-19/h2-10,22,26H,11-18H2,1H3/t22-/m0/s1. The van der Waals surface area contributed by atoms with Crippen LogP contribution in [0.4, 0.5) is 0 Å². The number of aliphatic hydroxyl groups is 1. The van der Waals surface area contributed by atoms with Crippen LogP contribution in [0.5, 0.6) is 0 Å². The number of carbonyl (C=O) groups excluding carboxylic acids is 1. The molecule has 0 bridgehead atoms. The van der Waals surface area contributed by atoms with Crippen LogP contribution < -0.4 is 0 Å². The Kier molecular flexibility index (Phi) is 7.60. The molecule has 0 spiro atoms. The van der Waals surface area contributed by atoms with Crippen molar-refractivity contribution in [3.8, 4) is 0 Å². The lowest BCUT2D eigenvalue weighted by molar-refractivity contribution is 0.0562. The molecule has 2 aromatic carbocycles. The van der Waals surface area contributed by atoms with Crippen molar-refractivity contribution in [3.63, 3.8) is 0 Å². The fourth-order valence-electron chi connectivity index (χ4n) is 3.86. The SMILES string of the molecule is COC(=O)c1ccc(CN2CCN(CCc3ccccc3)[C@@H](CCO)C2)cc1. The van der Waals surface area contributed by atoms with Crippen LogP contribution in [-0.4, -0.2) is 66.8 Å². The quantitative estimate of drug-likeness (QED) is 0.711. The third kappa shape index (κ3) is 5.64. The Labute approximate surface area is 167 Å². The Hall–Kier alpha value is -2.21. The summed E-state index contributed by atoms with van der Waals surface area (Å²) in [4.78, 5) is 16.5. The summed E-state index contributed by atoms with van der Waals surface area (Å²) in [6.07, 6.45) is 1.84. The Morgan fingerprint density at radius 2 is 1.82 bits per heavy atom. The summed E-state index contributed by atoms with van der Waals surface area (Å²) in [5.41, 5.74) is 3.13. The first-order valence-corrected chi connectivity index (χ1v) is 9.98. The highest BCUT2D eigenvalue weighted by Crippen LogP contribution is 2.17. The van der Waals surface area contributed by atoms with E-state index in [0.29, 0.717) is 11.6 Å². The first kappa shape index (κ1) is 20.5. The fourth-order valence-corrected chi connectivity index (χ4v) is 3.86. The Bertz CT molecular complexity index is 733. The molecule has 1 heterocycles. The Morgan fingerprint density at radius 1 is 1.07 bits per heavy atom. The molecule has 1 saturated heterocycles. The third-order valence-electron chi connectivity index (χ3n) is 5.46. The van der Waals surface area contributed by atoms with E-state index >= 15 is 0 Å². The maximum atomic E-state index is 11.6. The van der Waals surface area contributed by atoms with Crippen molar-refractivity contribution in [3.05, 3.63) is 71.3 Å². The zero-order valence-corrected chi connectivity index (χ0v) is 16.6. The zero-order valence-electron chi connectivity index (χ0n) is 16.6. The van der Waals surface area contributed by atoms with Crippen molar-refractivity contribution < 1.29 is 14.6 Å². The molecule has 1 aliphatic heterocycles. The Balaban J connectivity index is 1.55. The summed E-state index contributed by atoms with van der Waals surface area (Å²) in [6, 6.07) is 18.6. The lowest BCUT2D eigenvalue weighted by Gasteiger charge is -2.41. The number of hydrogen-bond acceptors (Lipinski definition) is 5. The van der Waals surface area contributed by atoms with Gasteiger partial charge >= 0.3 is 5.97 Å². The lowest BCUT2D eigenvalue weighted by Crippen LogP contribution is -2.53. The summed E-state index contributed by atoms with van der Waals surface area (Å²) in [5.74, 6) is -0.304. The number of benzene rings is 2. The number of esters is 1. The molecule has 0 amide bonds. The van der Waals surface area contributed by atoms with Gasteiger partial charge in [-0.05, 0) is 36.1 Å². The molecule has 5 heteroatoms. The second-order valence-corrected chi connectivity index (χ2v) is 7.36. The van der Waals surface area contributed by atoms with Crippen LogP contribution in [0.25, 0.3) is 0 Å². The third-order valence-corrected chi connectivity index (χ3v) is 5.46. The summed E-state index contributed by atoms with van der Waals surface area (Å²) in [6.45, 7) is 5.07. The van der Waals surface area contributed by atoms with Crippen molar-refractivity contribution in [2.45, 2.75) is 25.4 Å². The minimum atomic E-state index is -0.304. The zero-order chi connectivity index (χ0) is 19.8. The predicted octanol–water partition coefficient (Wildman–Crippen LogP) is 2.58. The van der Waals surface area contributed by atoms with Crippen LogP contribution in [0.3, 0.4) is 0 Å². The van der Waals surface area contributed by atoms with Crippen LogP contribution in [-0.2, 0) is 17.7 Å². The van der Waals surface area contributed by atoms with E-state index in [1.165, 1.54) is 18.2 Å². The van der Waals surface area contributed by atoms with Crippen LogP contribution >= 0.6 is 0 Å².